The minimum atomic E-state index is -0.828. The normalized spacial score (nSPS) is 14.7. The molecule has 0 aromatic heterocycles. The second-order valence-corrected chi connectivity index (χ2v) is 7.92. The van der Waals surface area contributed by atoms with Crippen molar-refractivity contribution in [3.05, 3.63) is 88.5 Å². The summed E-state index contributed by atoms with van der Waals surface area (Å²) in [5, 5.41) is 2.84. The first-order valence-electron chi connectivity index (χ1n) is 10.5. The van der Waals surface area contributed by atoms with E-state index in [9.17, 15) is 14.4 Å². The maximum atomic E-state index is 13.1. The number of carbonyl (C=O) groups excluding carboxylic acids is 3. The second kappa shape index (κ2) is 10.3. The van der Waals surface area contributed by atoms with E-state index < -0.39 is 17.8 Å². The van der Waals surface area contributed by atoms with Gasteiger partial charge in [-0.25, -0.2) is 9.69 Å². The molecule has 9 heteroatoms. The van der Waals surface area contributed by atoms with Crippen LogP contribution in [0.3, 0.4) is 0 Å². The number of halogens is 1. The zero-order valence-corrected chi connectivity index (χ0v) is 19.7. The van der Waals surface area contributed by atoms with Gasteiger partial charge >= 0.3 is 6.03 Å². The lowest BCUT2D eigenvalue weighted by Gasteiger charge is -2.26. The predicted octanol–water partition coefficient (Wildman–Crippen LogP) is 4.60. The monoisotopic (exact) mass is 492 g/mol. The zero-order chi connectivity index (χ0) is 24.9. The van der Waals surface area contributed by atoms with Crippen LogP contribution < -0.4 is 24.4 Å². The summed E-state index contributed by atoms with van der Waals surface area (Å²) in [5.41, 5.74) is 1.55. The van der Waals surface area contributed by atoms with Gasteiger partial charge in [0.25, 0.3) is 11.8 Å². The highest BCUT2D eigenvalue weighted by atomic mass is 35.5. The maximum Gasteiger partial charge on any atom is 0.335 e. The van der Waals surface area contributed by atoms with Crippen molar-refractivity contribution in [3.63, 3.8) is 0 Å². The average molecular weight is 493 g/mol. The van der Waals surface area contributed by atoms with Crippen molar-refractivity contribution in [2.24, 2.45) is 0 Å². The molecule has 0 spiro atoms. The smallest absolute Gasteiger partial charge is 0.335 e. The van der Waals surface area contributed by atoms with E-state index in [1.54, 1.807) is 54.6 Å². The third-order valence-corrected chi connectivity index (χ3v) is 5.49. The maximum absolute atomic E-state index is 13.1. The quantitative estimate of drug-likeness (QED) is 0.382. The third-order valence-electron chi connectivity index (χ3n) is 5.24. The lowest BCUT2D eigenvalue weighted by Crippen LogP contribution is -2.54. The van der Waals surface area contributed by atoms with Crippen LogP contribution in [-0.4, -0.2) is 32.1 Å². The van der Waals surface area contributed by atoms with Crippen LogP contribution in [0.25, 0.3) is 6.08 Å². The molecule has 3 aromatic rings. The standard InChI is InChI=1S/C26H21ClN2O6/c1-33-20-10-8-19(9-11-20)29-25(31)21(24(30)28-26(29)32)13-17-5-12-22(23(14-17)34-2)35-15-16-3-6-18(27)7-4-16/h3-14H,15H2,1-2H3,(H,28,30,32)/b21-13+. The molecule has 1 heterocycles. The molecule has 1 saturated heterocycles. The number of amides is 4. The van der Waals surface area contributed by atoms with Gasteiger partial charge in [-0.2, -0.15) is 0 Å². The molecular formula is C26H21ClN2O6. The van der Waals surface area contributed by atoms with Crippen LogP contribution in [-0.2, 0) is 16.2 Å². The Balaban J connectivity index is 1.57. The number of hydrogen-bond acceptors (Lipinski definition) is 6. The van der Waals surface area contributed by atoms with Crippen LogP contribution in [0.15, 0.2) is 72.3 Å². The number of nitrogens with one attached hydrogen (secondary N) is 1. The van der Waals surface area contributed by atoms with E-state index in [-0.39, 0.29) is 5.57 Å². The third kappa shape index (κ3) is 5.28. The van der Waals surface area contributed by atoms with Crippen LogP contribution in [0.1, 0.15) is 11.1 Å². The van der Waals surface area contributed by atoms with E-state index in [4.69, 9.17) is 25.8 Å². The number of ether oxygens (including phenoxy) is 3. The number of hydrogen-bond donors (Lipinski definition) is 1. The average Bonchev–Trinajstić information content (AvgIpc) is 2.86. The molecule has 4 rings (SSSR count). The molecule has 178 valence electrons. The summed E-state index contributed by atoms with van der Waals surface area (Å²) in [6.07, 6.45) is 1.39. The molecule has 0 saturated carbocycles. The van der Waals surface area contributed by atoms with Gasteiger partial charge in [0, 0.05) is 5.02 Å². The molecule has 8 nitrogen and oxygen atoms in total. The van der Waals surface area contributed by atoms with Gasteiger partial charge in [-0.05, 0) is 65.7 Å². The van der Waals surface area contributed by atoms with Gasteiger partial charge in [0.15, 0.2) is 11.5 Å². The molecule has 1 aliphatic rings. The Morgan fingerprint density at radius 3 is 2.26 bits per heavy atom. The number of anilines is 1. The van der Waals surface area contributed by atoms with E-state index in [1.165, 1.54) is 20.3 Å². The summed E-state index contributed by atoms with van der Waals surface area (Å²) >= 11 is 5.91. The molecular weight excluding hydrogens is 472 g/mol. The van der Waals surface area contributed by atoms with Crippen molar-refractivity contribution in [2.75, 3.05) is 19.1 Å². The molecule has 1 fully saturated rings. The molecule has 3 aromatic carbocycles. The molecule has 0 bridgehead atoms. The van der Waals surface area contributed by atoms with Gasteiger partial charge in [0.2, 0.25) is 0 Å². The van der Waals surface area contributed by atoms with Gasteiger partial charge in [-0.15, -0.1) is 0 Å². The molecule has 35 heavy (non-hydrogen) atoms. The van der Waals surface area contributed by atoms with Crippen LogP contribution >= 0.6 is 11.6 Å². The van der Waals surface area contributed by atoms with E-state index in [0.717, 1.165) is 10.5 Å². The Labute approximate surface area is 206 Å². The SMILES string of the molecule is COc1ccc(N2C(=O)NC(=O)/C(=C\c3ccc(OCc4ccc(Cl)cc4)c(OC)c3)C2=O)cc1. The van der Waals surface area contributed by atoms with Crippen LogP contribution in [0, 0.1) is 0 Å². The van der Waals surface area contributed by atoms with Gasteiger partial charge in [-0.1, -0.05) is 29.8 Å². The highest BCUT2D eigenvalue weighted by molar-refractivity contribution is 6.39. The predicted molar refractivity (Wildman–Crippen MR) is 131 cm³/mol. The molecule has 0 radical (unpaired) electrons. The first-order chi connectivity index (χ1) is 16.9. The number of nitrogens with zero attached hydrogens (tertiary/aromatic N) is 1. The van der Waals surface area contributed by atoms with Crippen molar-refractivity contribution in [2.45, 2.75) is 6.61 Å². The molecule has 1 aliphatic heterocycles. The summed E-state index contributed by atoms with van der Waals surface area (Å²) in [4.78, 5) is 38.8. The fraction of sp³-hybridized carbons (Fsp3) is 0.115. The number of rotatable bonds is 7. The molecule has 0 atom stereocenters. The summed E-state index contributed by atoms with van der Waals surface area (Å²) in [6.45, 7) is 0.299. The molecule has 1 N–H and O–H groups in total. The highest BCUT2D eigenvalue weighted by Crippen LogP contribution is 2.31. The van der Waals surface area contributed by atoms with E-state index in [0.29, 0.717) is 40.1 Å². The Bertz CT molecular complexity index is 1300. The largest absolute Gasteiger partial charge is 0.497 e. The molecule has 0 unspecified atom stereocenters. The van der Waals surface area contributed by atoms with Crippen LogP contribution in [0.5, 0.6) is 17.2 Å². The highest BCUT2D eigenvalue weighted by Gasteiger charge is 2.36. The molecule has 0 aliphatic carbocycles. The lowest BCUT2D eigenvalue weighted by molar-refractivity contribution is -0.122. The number of imide groups is 2. The number of benzene rings is 3. The summed E-state index contributed by atoms with van der Waals surface area (Å²) in [5.74, 6) is -0.0622. The zero-order valence-electron chi connectivity index (χ0n) is 18.9. The fourth-order valence-corrected chi connectivity index (χ4v) is 3.55. The number of methoxy groups -OCH3 is 2. The summed E-state index contributed by atoms with van der Waals surface area (Å²) in [6, 6.07) is 17.8. The fourth-order valence-electron chi connectivity index (χ4n) is 3.42. The Morgan fingerprint density at radius 2 is 1.60 bits per heavy atom. The van der Waals surface area contributed by atoms with Gasteiger partial charge < -0.3 is 14.2 Å². The van der Waals surface area contributed by atoms with Gasteiger partial charge in [0.05, 0.1) is 19.9 Å². The van der Waals surface area contributed by atoms with E-state index in [2.05, 4.69) is 5.32 Å². The Hall–Kier alpha value is -4.30. The van der Waals surface area contributed by atoms with Crippen molar-refractivity contribution in [1.29, 1.82) is 0 Å². The Morgan fingerprint density at radius 1 is 0.886 bits per heavy atom. The van der Waals surface area contributed by atoms with E-state index >= 15 is 0 Å². The van der Waals surface area contributed by atoms with Crippen LogP contribution in [0.4, 0.5) is 10.5 Å². The summed E-state index contributed by atoms with van der Waals surface area (Å²) in [7, 11) is 3.00. The Kier molecular flexibility index (Phi) is 7.03. The number of carbonyl (C=O) groups is 3. The van der Waals surface area contributed by atoms with Crippen molar-refractivity contribution >= 4 is 41.2 Å². The minimum Gasteiger partial charge on any atom is -0.497 e. The number of barbiturate groups is 1. The lowest BCUT2D eigenvalue weighted by atomic mass is 10.1. The minimum absolute atomic E-state index is 0.197. The molecule has 4 amide bonds. The van der Waals surface area contributed by atoms with E-state index in [1.807, 2.05) is 12.1 Å². The van der Waals surface area contributed by atoms with Crippen molar-refractivity contribution < 1.29 is 28.6 Å². The first-order valence-corrected chi connectivity index (χ1v) is 10.9. The van der Waals surface area contributed by atoms with Crippen LogP contribution in [0.2, 0.25) is 5.02 Å². The van der Waals surface area contributed by atoms with Crippen molar-refractivity contribution in [1.82, 2.24) is 5.32 Å². The first kappa shape index (κ1) is 23.8. The second-order valence-electron chi connectivity index (χ2n) is 7.48. The van der Waals surface area contributed by atoms with Gasteiger partial charge in [-0.3, -0.25) is 14.9 Å². The van der Waals surface area contributed by atoms with Gasteiger partial charge in [0.1, 0.15) is 17.9 Å². The topological polar surface area (TPSA) is 94.2 Å². The summed E-state index contributed by atoms with van der Waals surface area (Å²) < 4.78 is 16.4. The number of urea groups is 1. The van der Waals surface area contributed by atoms with Crippen molar-refractivity contribution in [3.8, 4) is 17.2 Å².